The van der Waals surface area contributed by atoms with Gasteiger partial charge in [-0.1, -0.05) is 11.6 Å². The van der Waals surface area contributed by atoms with E-state index >= 15 is 0 Å². The molecule has 0 aliphatic heterocycles. The number of aliphatic hydroxyl groups excluding tert-OH is 1. The van der Waals surface area contributed by atoms with Gasteiger partial charge >= 0.3 is 0 Å². The molecule has 17 heavy (non-hydrogen) atoms. The second-order valence-corrected chi connectivity index (χ2v) is 6.03. The van der Waals surface area contributed by atoms with Crippen LogP contribution in [0.5, 0.6) is 0 Å². The standard InChI is InChI=1S/C12H16ClIN2O/c13-12-5-8(11(14)7-16-12)6-15-9-1-3-10(17)4-2-9/h5,7,9-10,15,17H,1-4,6H2. The summed E-state index contributed by atoms with van der Waals surface area (Å²) in [6.07, 6.45) is 5.62. The van der Waals surface area contributed by atoms with Crippen LogP contribution in [0, 0.1) is 3.57 Å². The van der Waals surface area contributed by atoms with Gasteiger partial charge < -0.3 is 10.4 Å². The molecule has 5 heteroatoms. The number of pyridine rings is 1. The number of aliphatic hydroxyl groups is 1. The number of nitrogens with zero attached hydrogens (tertiary/aromatic N) is 1. The molecular weight excluding hydrogens is 351 g/mol. The van der Waals surface area contributed by atoms with Crippen LogP contribution in [0.15, 0.2) is 12.3 Å². The number of nitrogens with one attached hydrogen (secondary N) is 1. The molecule has 94 valence electrons. The fraction of sp³-hybridized carbons (Fsp3) is 0.583. The molecule has 2 N–H and O–H groups in total. The Bertz CT molecular complexity index is 381. The third-order valence-corrected chi connectivity index (χ3v) is 4.36. The number of aromatic nitrogens is 1. The van der Waals surface area contributed by atoms with Crippen LogP contribution in [-0.2, 0) is 6.54 Å². The van der Waals surface area contributed by atoms with Crippen molar-refractivity contribution in [3.8, 4) is 0 Å². The van der Waals surface area contributed by atoms with Gasteiger partial charge in [0.25, 0.3) is 0 Å². The van der Waals surface area contributed by atoms with Crippen LogP contribution in [0.25, 0.3) is 0 Å². The van der Waals surface area contributed by atoms with Gasteiger partial charge in [-0.3, -0.25) is 0 Å². The Morgan fingerprint density at radius 3 is 2.82 bits per heavy atom. The fourth-order valence-electron chi connectivity index (χ4n) is 2.12. The van der Waals surface area contributed by atoms with Crippen molar-refractivity contribution in [1.29, 1.82) is 0 Å². The third kappa shape index (κ3) is 4.05. The van der Waals surface area contributed by atoms with Crippen molar-refractivity contribution in [2.75, 3.05) is 0 Å². The molecule has 1 aromatic rings. The van der Waals surface area contributed by atoms with E-state index in [1.54, 1.807) is 6.20 Å². The lowest BCUT2D eigenvalue weighted by Gasteiger charge is -2.26. The normalized spacial score (nSPS) is 24.9. The first-order valence-corrected chi connectivity index (χ1v) is 7.32. The molecule has 2 rings (SSSR count). The molecule has 0 spiro atoms. The first kappa shape index (κ1) is 13.5. The van der Waals surface area contributed by atoms with E-state index in [9.17, 15) is 5.11 Å². The molecule has 0 unspecified atom stereocenters. The van der Waals surface area contributed by atoms with Gasteiger partial charge in [0.2, 0.25) is 0 Å². The molecule has 1 fully saturated rings. The molecule has 1 heterocycles. The Hall–Kier alpha value is 0.0900. The van der Waals surface area contributed by atoms with Crippen molar-refractivity contribution < 1.29 is 5.11 Å². The number of rotatable bonds is 3. The molecule has 0 amide bonds. The van der Waals surface area contributed by atoms with Crippen molar-refractivity contribution in [3.05, 3.63) is 26.5 Å². The van der Waals surface area contributed by atoms with Crippen molar-refractivity contribution in [2.45, 2.75) is 44.4 Å². The van der Waals surface area contributed by atoms with Crippen LogP contribution in [0.3, 0.4) is 0 Å². The van der Waals surface area contributed by atoms with E-state index < -0.39 is 0 Å². The van der Waals surface area contributed by atoms with Gasteiger partial charge in [-0.2, -0.15) is 0 Å². The van der Waals surface area contributed by atoms with E-state index in [0.29, 0.717) is 11.2 Å². The van der Waals surface area contributed by atoms with Crippen LogP contribution < -0.4 is 5.32 Å². The summed E-state index contributed by atoms with van der Waals surface area (Å²) in [6, 6.07) is 2.43. The number of hydrogen-bond donors (Lipinski definition) is 2. The Morgan fingerprint density at radius 1 is 1.41 bits per heavy atom. The zero-order valence-corrected chi connectivity index (χ0v) is 12.4. The monoisotopic (exact) mass is 366 g/mol. The summed E-state index contributed by atoms with van der Waals surface area (Å²) in [5, 5.41) is 13.5. The summed E-state index contributed by atoms with van der Waals surface area (Å²) in [6.45, 7) is 0.821. The Morgan fingerprint density at radius 2 is 2.12 bits per heavy atom. The third-order valence-electron chi connectivity index (χ3n) is 3.18. The lowest BCUT2D eigenvalue weighted by Crippen LogP contribution is -2.34. The summed E-state index contributed by atoms with van der Waals surface area (Å²) >= 11 is 8.16. The maximum Gasteiger partial charge on any atom is 0.129 e. The summed E-state index contributed by atoms with van der Waals surface area (Å²) < 4.78 is 1.13. The van der Waals surface area contributed by atoms with Gasteiger partial charge in [-0.05, 0) is 59.9 Å². The van der Waals surface area contributed by atoms with E-state index in [1.165, 1.54) is 5.56 Å². The summed E-state index contributed by atoms with van der Waals surface area (Å²) in [4.78, 5) is 4.04. The maximum atomic E-state index is 9.44. The van der Waals surface area contributed by atoms with Crippen molar-refractivity contribution in [1.82, 2.24) is 10.3 Å². The molecule has 1 aliphatic rings. The molecule has 0 aromatic carbocycles. The largest absolute Gasteiger partial charge is 0.393 e. The van der Waals surface area contributed by atoms with Crippen LogP contribution in [0.4, 0.5) is 0 Å². The highest BCUT2D eigenvalue weighted by atomic mass is 127. The zero-order chi connectivity index (χ0) is 12.3. The van der Waals surface area contributed by atoms with E-state index in [1.807, 2.05) is 6.07 Å². The van der Waals surface area contributed by atoms with Gasteiger partial charge in [-0.15, -0.1) is 0 Å². The Balaban J connectivity index is 1.87. The van der Waals surface area contributed by atoms with E-state index in [2.05, 4.69) is 32.9 Å². The SMILES string of the molecule is OC1CCC(NCc2cc(Cl)ncc2I)CC1. The molecule has 3 nitrogen and oxygen atoms in total. The Labute approximate surface area is 120 Å². The predicted molar refractivity (Wildman–Crippen MR) is 77.1 cm³/mol. The van der Waals surface area contributed by atoms with Crippen LogP contribution in [-0.4, -0.2) is 22.2 Å². The highest BCUT2D eigenvalue weighted by Crippen LogP contribution is 2.20. The highest BCUT2D eigenvalue weighted by molar-refractivity contribution is 14.1. The first-order chi connectivity index (χ1) is 8.15. The minimum Gasteiger partial charge on any atom is -0.393 e. The van der Waals surface area contributed by atoms with Crippen molar-refractivity contribution in [3.63, 3.8) is 0 Å². The minimum absolute atomic E-state index is 0.0939. The smallest absolute Gasteiger partial charge is 0.129 e. The summed E-state index contributed by atoms with van der Waals surface area (Å²) in [5.74, 6) is 0. The van der Waals surface area contributed by atoms with Crippen LogP contribution in [0.2, 0.25) is 5.15 Å². The van der Waals surface area contributed by atoms with Gasteiger partial charge in [0, 0.05) is 22.4 Å². The lowest BCUT2D eigenvalue weighted by atomic mass is 9.93. The first-order valence-electron chi connectivity index (χ1n) is 5.86. The molecule has 1 aromatic heterocycles. The topological polar surface area (TPSA) is 45.1 Å². The lowest BCUT2D eigenvalue weighted by molar-refractivity contribution is 0.116. The van der Waals surface area contributed by atoms with Gasteiger partial charge in [0.15, 0.2) is 0 Å². The molecule has 0 bridgehead atoms. The molecular formula is C12H16ClIN2O. The van der Waals surface area contributed by atoms with E-state index in [-0.39, 0.29) is 6.10 Å². The van der Waals surface area contributed by atoms with Crippen molar-refractivity contribution >= 4 is 34.2 Å². The van der Waals surface area contributed by atoms with E-state index in [0.717, 1.165) is 35.8 Å². The summed E-state index contributed by atoms with van der Waals surface area (Å²) in [7, 11) is 0. The van der Waals surface area contributed by atoms with Gasteiger partial charge in [0.05, 0.1) is 6.10 Å². The molecule has 0 saturated heterocycles. The van der Waals surface area contributed by atoms with Crippen LogP contribution in [0.1, 0.15) is 31.2 Å². The zero-order valence-electron chi connectivity index (χ0n) is 9.50. The molecule has 0 radical (unpaired) electrons. The van der Waals surface area contributed by atoms with Gasteiger partial charge in [0.1, 0.15) is 5.15 Å². The second-order valence-electron chi connectivity index (χ2n) is 4.48. The minimum atomic E-state index is -0.0939. The fourth-order valence-corrected chi connectivity index (χ4v) is 2.79. The Kier molecular flexibility index (Phi) is 5.02. The number of hydrogen-bond acceptors (Lipinski definition) is 3. The average molecular weight is 367 g/mol. The highest BCUT2D eigenvalue weighted by Gasteiger charge is 2.18. The second kappa shape index (κ2) is 6.31. The van der Waals surface area contributed by atoms with Gasteiger partial charge in [-0.25, -0.2) is 4.98 Å². The molecule has 1 aliphatic carbocycles. The van der Waals surface area contributed by atoms with E-state index in [4.69, 9.17) is 11.6 Å². The summed E-state index contributed by atoms with van der Waals surface area (Å²) in [5.41, 5.74) is 1.19. The molecule has 1 saturated carbocycles. The quantitative estimate of drug-likeness (QED) is 0.639. The predicted octanol–water partition coefficient (Wildman–Crippen LogP) is 2.73. The van der Waals surface area contributed by atoms with Crippen molar-refractivity contribution in [2.24, 2.45) is 0 Å². The average Bonchev–Trinajstić information content (AvgIpc) is 2.32. The molecule has 0 atom stereocenters. The maximum absolute atomic E-state index is 9.44. The number of halogens is 2. The van der Waals surface area contributed by atoms with Crippen LogP contribution >= 0.6 is 34.2 Å².